The summed E-state index contributed by atoms with van der Waals surface area (Å²) in [6.45, 7) is 12.1. The summed E-state index contributed by atoms with van der Waals surface area (Å²) in [6, 6.07) is 22.7. The van der Waals surface area contributed by atoms with E-state index in [-0.39, 0.29) is 42.5 Å². The second kappa shape index (κ2) is 12.8. The molecule has 1 aliphatic heterocycles. The van der Waals surface area contributed by atoms with Crippen LogP contribution in [0, 0.1) is 16.9 Å². The third kappa shape index (κ3) is 6.16. The second-order valence-electron chi connectivity index (χ2n) is 10.6. The van der Waals surface area contributed by atoms with Crippen molar-refractivity contribution in [2.75, 3.05) is 0 Å². The van der Waals surface area contributed by atoms with Gasteiger partial charge in [0.2, 0.25) is 0 Å². The number of carbonyl (C=O) groups is 1. The third-order valence-corrected chi connectivity index (χ3v) is 9.67. The molecule has 0 fully saturated rings. The van der Waals surface area contributed by atoms with Crippen molar-refractivity contribution in [3.8, 4) is 11.3 Å². The number of hydrogen-bond acceptors (Lipinski definition) is 4. The minimum absolute atomic E-state index is 0. The first-order chi connectivity index (χ1) is 18.2. The van der Waals surface area contributed by atoms with Crippen LogP contribution in [-0.2, 0) is 24.9 Å². The van der Waals surface area contributed by atoms with Gasteiger partial charge in [-0.3, -0.25) is 9.78 Å². The molecule has 3 nitrogen and oxygen atoms in total. The molecule has 0 atom stereocenters. The fraction of sp³-hybridized carbons (Fsp3) is 0.353. The number of benzene rings is 3. The summed E-state index contributed by atoms with van der Waals surface area (Å²) in [5.41, 5.74) is 1.58. The minimum Gasteiger partial charge on any atom is -0.512 e. The maximum atomic E-state index is 12.2. The molecule has 4 aromatic rings. The number of hydrogen-bond donors (Lipinski definition) is 1. The van der Waals surface area contributed by atoms with E-state index in [9.17, 15) is 9.90 Å². The molecule has 0 saturated heterocycles. The Labute approximate surface area is 250 Å². The molecule has 39 heavy (non-hydrogen) atoms. The topological polar surface area (TPSA) is 50.2 Å². The van der Waals surface area contributed by atoms with E-state index >= 15 is 0 Å². The summed E-state index contributed by atoms with van der Waals surface area (Å²) in [7, 11) is 0. The quantitative estimate of drug-likeness (QED) is 0.104. The Bertz CT molecular complexity index is 1500. The van der Waals surface area contributed by atoms with Gasteiger partial charge in [-0.15, -0.1) is 35.3 Å². The van der Waals surface area contributed by atoms with Crippen molar-refractivity contribution in [1.82, 2.24) is 4.98 Å². The number of rotatable bonds is 7. The summed E-state index contributed by atoms with van der Waals surface area (Å²) in [5, 5.41) is 15.0. The van der Waals surface area contributed by atoms with Crippen LogP contribution < -0.4 is 0 Å². The van der Waals surface area contributed by atoms with Crippen molar-refractivity contribution in [2.45, 2.75) is 77.0 Å². The van der Waals surface area contributed by atoms with E-state index in [1.54, 1.807) is 0 Å². The van der Waals surface area contributed by atoms with Gasteiger partial charge >= 0.3 is 0 Å². The largest absolute Gasteiger partial charge is 0.512 e. The van der Waals surface area contributed by atoms with E-state index in [1.165, 1.54) is 32.0 Å². The van der Waals surface area contributed by atoms with Crippen molar-refractivity contribution >= 4 is 39.1 Å². The standard InChI is InChI=1S/C19H10NS.C15H28O2.Ir/c1-2-5-14-11-17-15(10-13(14)4-1)19-18-12(8-9-20-19)6-3-7-16(18)21-17;1-7-14(5,8-2)12(16)11-13(17)15(6,9-3)10-4;/h1-9,11H;11,16H,7-10H2,1-6H3;/q-1;;/b;12-11-;. The number of fused-ring (bicyclic) bond motifs is 3. The summed E-state index contributed by atoms with van der Waals surface area (Å²) in [4.78, 5) is 19.3. The van der Waals surface area contributed by atoms with E-state index in [1.807, 2.05) is 59.5 Å². The van der Waals surface area contributed by atoms with Gasteiger partial charge in [0.05, 0.1) is 0 Å². The van der Waals surface area contributed by atoms with Crippen molar-refractivity contribution in [3.05, 3.63) is 78.7 Å². The maximum absolute atomic E-state index is 12.2. The van der Waals surface area contributed by atoms with Gasteiger partial charge in [0.25, 0.3) is 0 Å². The van der Waals surface area contributed by atoms with Gasteiger partial charge in [-0.05, 0) is 53.5 Å². The van der Waals surface area contributed by atoms with E-state index < -0.39 is 0 Å². The number of aliphatic hydroxyl groups excluding tert-OH is 1. The number of pyridine rings is 1. The molecule has 5 heteroatoms. The van der Waals surface area contributed by atoms with Crippen LogP contribution in [0.4, 0.5) is 0 Å². The van der Waals surface area contributed by atoms with Crippen LogP contribution in [-0.4, -0.2) is 15.9 Å². The summed E-state index contributed by atoms with van der Waals surface area (Å²) < 4.78 is 0. The number of aliphatic hydroxyl groups is 1. The van der Waals surface area contributed by atoms with Gasteiger partial charge in [-0.2, -0.15) is 0 Å². The van der Waals surface area contributed by atoms with Crippen LogP contribution in [0.5, 0.6) is 0 Å². The molecule has 5 rings (SSSR count). The van der Waals surface area contributed by atoms with E-state index in [0.717, 1.165) is 42.3 Å². The van der Waals surface area contributed by atoms with Crippen LogP contribution in [0.15, 0.2) is 82.4 Å². The average Bonchev–Trinajstić information content (AvgIpc) is 2.96. The van der Waals surface area contributed by atoms with Crippen LogP contribution in [0.1, 0.15) is 67.2 Å². The normalized spacial score (nSPS) is 12.8. The van der Waals surface area contributed by atoms with Gasteiger partial charge in [-0.1, -0.05) is 82.8 Å². The smallest absolute Gasteiger partial charge is 0.164 e. The van der Waals surface area contributed by atoms with Crippen molar-refractivity contribution in [1.29, 1.82) is 0 Å². The molecule has 1 N–H and O–H groups in total. The molecule has 0 unspecified atom stereocenters. The van der Waals surface area contributed by atoms with Gasteiger partial charge in [0.15, 0.2) is 5.78 Å². The Morgan fingerprint density at radius 2 is 1.54 bits per heavy atom. The molecular formula is C34H38IrNO2S-. The summed E-state index contributed by atoms with van der Waals surface area (Å²) >= 11 is 1.82. The molecule has 1 aromatic heterocycles. The zero-order valence-corrected chi connectivity index (χ0v) is 26.9. The summed E-state index contributed by atoms with van der Waals surface area (Å²) in [6.07, 6.45) is 6.65. The number of allylic oxidation sites excluding steroid dienone is 2. The number of carbonyl (C=O) groups excluding carboxylic acids is 1. The Kier molecular flexibility index (Phi) is 10.2. The van der Waals surface area contributed by atoms with Gasteiger partial charge in [-0.25, -0.2) is 0 Å². The van der Waals surface area contributed by atoms with Crippen LogP contribution in [0.3, 0.4) is 0 Å². The number of ketones is 1. The van der Waals surface area contributed by atoms with E-state index in [0.29, 0.717) is 0 Å². The first kappa shape index (κ1) is 31.1. The molecule has 3 aromatic carbocycles. The maximum Gasteiger partial charge on any atom is 0.164 e. The fourth-order valence-electron chi connectivity index (χ4n) is 4.68. The first-order valence-electron chi connectivity index (χ1n) is 13.7. The van der Waals surface area contributed by atoms with Crippen LogP contribution >= 0.6 is 11.8 Å². The summed E-state index contributed by atoms with van der Waals surface area (Å²) in [5.74, 6) is 0.286. The predicted molar refractivity (Wildman–Crippen MR) is 161 cm³/mol. The SMILES string of the molecule is CCC(C)(CC)C(=O)/C=C(\O)C(C)(CC)CC.[Ir].[c-]1c2c(cc3ccccc13)Sc1cccc3ccnc-2c13. The van der Waals surface area contributed by atoms with Crippen molar-refractivity contribution < 1.29 is 30.0 Å². The Hall–Kier alpha value is -2.46. The fourth-order valence-corrected chi connectivity index (χ4v) is 5.81. The van der Waals surface area contributed by atoms with Gasteiger partial charge in [0, 0.05) is 53.8 Å². The Morgan fingerprint density at radius 3 is 2.21 bits per heavy atom. The molecule has 2 heterocycles. The van der Waals surface area contributed by atoms with Crippen LogP contribution in [0.2, 0.25) is 0 Å². The van der Waals surface area contributed by atoms with Gasteiger partial charge < -0.3 is 5.11 Å². The molecule has 0 amide bonds. The molecule has 0 spiro atoms. The van der Waals surface area contributed by atoms with E-state index in [4.69, 9.17) is 0 Å². The number of nitrogens with zero attached hydrogens (tertiary/aromatic N) is 1. The molecule has 1 aliphatic rings. The van der Waals surface area contributed by atoms with Crippen molar-refractivity contribution in [3.63, 3.8) is 0 Å². The molecule has 207 valence electrons. The zero-order chi connectivity index (χ0) is 27.5. The molecule has 0 bridgehead atoms. The van der Waals surface area contributed by atoms with Gasteiger partial charge in [0.1, 0.15) is 5.76 Å². The predicted octanol–water partition coefficient (Wildman–Crippen LogP) is 9.97. The van der Waals surface area contributed by atoms with Crippen molar-refractivity contribution in [2.24, 2.45) is 10.8 Å². The Morgan fingerprint density at radius 1 is 0.897 bits per heavy atom. The van der Waals surface area contributed by atoms with Crippen LogP contribution in [0.25, 0.3) is 32.8 Å². The van der Waals surface area contributed by atoms with E-state index in [2.05, 4.69) is 65.6 Å². The molecule has 0 aliphatic carbocycles. The second-order valence-corrected chi connectivity index (χ2v) is 11.7. The Balaban J connectivity index is 0.000000217. The minimum atomic E-state index is -0.337. The molecule has 0 saturated carbocycles. The third-order valence-electron chi connectivity index (χ3n) is 8.57. The zero-order valence-electron chi connectivity index (χ0n) is 23.7. The molecule has 1 radical (unpaired) electrons. The monoisotopic (exact) mass is 717 g/mol. The molecular weight excluding hydrogens is 679 g/mol. The first-order valence-corrected chi connectivity index (χ1v) is 14.5. The number of aromatic nitrogens is 1. The average molecular weight is 717 g/mol.